The molecule has 0 bridgehead atoms. The lowest BCUT2D eigenvalue weighted by Gasteiger charge is -2.09. The molecule has 102 valence electrons. The molecule has 0 aliphatic heterocycles. The summed E-state index contributed by atoms with van der Waals surface area (Å²) < 4.78 is 28.4. The van der Waals surface area contributed by atoms with Crippen LogP contribution in [0.4, 0.5) is 20.4 Å². The fourth-order valence-corrected chi connectivity index (χ4v) is 1.56. The lowest BCUT2D eigenvalue weighted by atomic mass is 10.3. The zero-order valence-electron chi connectivity index (χ0n) is 10.1. The highest BCUT2D eigenvalue weighted by atomic mass is 19.3. The van der Waals surface area contributed by atoms with E-state index in [2.05, 4.69) is 15.3 Å². The smallest absolute Gasteiger partial charge is 0.261 e. The Morgan fingerprint density at radius 2 is 1.89 bits per heavy atom. The lowest BCUT2D eigenvalue weighted by Crippen LogP contribution is -2.15. The number of ether oxygens (including phenoxy) is 1. The molecule has 0 fully saturated rings. The molecule has 1 aromatic carbocycles. The lowest BCUT2D eigenvalue weighted by molar-refractivity contribution is 0.0215. The summed E-state index contributed by atoms with van der Waals surface area (Å²) in [7, 11) is 0. The average molecular weight is 268 g/mol. The summed E-state index contributed by atoms with van der Waals surface area (Å²) in [5, 5.41) is 2.91. The first kappa shape index (κ1) is 13.4. The average Bonchev–Trinajstić information content (AvgIpc) is 2.38. The van der Waals surface area contributed by atoms with Gasteiger partial charge >= 0.3 is 0 Å². The Hall–Kier alpha value is -2.02. The quantitative estimate of drug-likeness (QED) is 0.783. The number of hydrogen-bond donors (Lipinski definition) is 2. The van der Waals surface area contributed by atoms with Gasteiger partial charge in [-0.1, -0.05) is 12.1 Å². The van der Waals surface area contributed by atoms with Gasteiger partial charge in [-0.3, -0.25) is 0 Å². The van der Waals surface area contributed by atoms with Crippen LogP contribution in [0.2, 0.25) is 0 Å². The molecule has 0 spiro atoms. The number of nitrogens with two attached hydrogens (primary N) is 1. The van der Waals surface area contributed by atoms with E-state index in [-0.39, 0.29) is 12.4 Å². The number of rotatable bonds is 6. The van der Waals surface area contributed by atoms with Crippen LogP contribution in [0.5, 0.6) is 0 Å². The van der Waals surface area contributed by atoms with E-state index in [4.69, 9.17) is 10.5 Å². The number of para-hydroxylation sites is 2. The van der Waals surface area contributed by atoms with Gasteiger partial charge in [0, 0.05) is 6.54 Å². The van der Waals surface area contributed by atoms with Crippen molar-refractivity contribution in [2.45, 2.75) is 6.43 Å². The fraction of sp³-hybridized carbons (Fsp3) is 0.333. The highest BCUT2D eigenvalue weighted by Crippen LogP contribution is 2.17. The second-order valence-electron chi connectivity index (χ2n) is 3.84. The summed E-state index contributed by atoms with van der Waals surface area (Å²) in [6, 6.07) is 7.33. The first-order valence-corrected chi connectivity index (χ1v) is 5.79. The van der Waals surface area contributed by atoms with Gasteiger partial charge < -0.3 is 15.8 Å². The van der Waals surface area contributed by atoms with Gasteiger partial charge in [0.05, 0.1) is 17.6 Å². The Balaban J connectivity index is 1.95. The molecule has 7 heteroatoms. The summed E-state index contributed by atoms with van der Waals surface area (Å²) >= 11 is 0. The molecule has 1 aromatic heterocycles. The summed E-state index contributed by atoms with van der Waals surface area (Å²) in [6.07, 6.45) is -2.45. The highest BCUT2D eigenvalue weighted by Gasteiger charge is 2.05. The zero-order valence-corrected chi connectivity index (χ0v) is 10.1. The van der Waals surface area contributed by atoms with E-state index in [1.54, 1.807) is 0 Å². The van der Waals surface area contributed by atoms with Crippen LogP contribution in [0, 0.1) is 0 Å². The molecule has 0 saturated carbocycles. The van der Waals surface area contributed by atoms with Gasteiger partial charge in [-0.05, 0) is 12.1 Å². The normalized spacial score (nSPS) is 11.1. The third kappa shape index (κ3) is 3.72. The molecule has 0 atom stereocenters. The number of halogens is 2. The number of nitrogen functional groups attached to an aromatic ring is 1. The Morgan fingerprint density at radius 3 is 2.58 bits per heavy atom. The number of nitrogens with one attached hydrogen (secondary N) is 1. The van der Waals surface area contributed by atoms with E-state index in [0.717, 1.165) is 0 Å². The number of nitrogens with zero attached hydrogens (tertiary/aromatic N) is 2. The molecule has 0 radical (unpaired) electrons. The summed E-state index contributed by atoms with van der Waals surface area (Å²) in [4.78, 5) is 8.50. The first-order valence-electron chi connectivity index (χ1n) is 5.79. The summed E-state index contributed by atoms with van der Waals surface area (Å²) in [5.41, 5.74) is 7.18. The Bertz CT molecular complexity index is 550. The van der Waals surface area contributed by atoms with Gasteiger partial charge in [0.25, 0.3) is 6.43 Å². The monoisotopic (exact) mass is 268 g/mol. The van der Waals surface area contributed by atoms with E-state index in [1.165, 1.54) is 0 Å². The molecule has 0 aliphatic carbocycles. The van der Waals surface area contributed by atoms with Crippen molar-refractivity contribution in [1.29, 1.82) is 0 Å². The SMILES string of the molecule is Nc1nc2ccccc2nc1NCCOCC(F)F. The van der Waals surface area contributed by atoms with Crippen LogP contribution in [0.1, 0.15) is 0 Å². The standard InChI is InChI=1S/C12H14F2N4O/c13-10(14)7-19-6-5-16-12-11(15)17-8-3-1-2-4-9(8)18-12/h1-4,10H,5-7H2,(H2,15,17)(H,16,18). The van der Waals surface area contributed by atoms with Crippen molar-refractivity contribution in [2.75, 3.05) is 30.8 Å². The van der Waals surface area contributed by atoms with Crippen molar-refractivity contribution in [3.05, 3.63) is 24.3 Å². The number of alkyl halides is 2. The van der Waals surface area contributed by atoms with Gasteiger partial charge in [-0.15, -0.1) is 0 Å². The molecular weight excluding hydrogens is 254 g/mol. The third-order valence-corrected chi connectivity index (χ3v) is 2.38. The topological polar surface area (TPSA) is 73.1 Å². The van der Waals surface area contributed by atoms with Crippen molar-refractivity contribution < 1.29 is 13.5 Å². The third-order valence-electron chi connectivity index (χ3n) is 2.38. The molecule has 0 aliphatic rings. The number of anilines is 2. The van der Waals surface area contributed by atoms with E-state index >= 15 is 0 Å². The maximum atomic E-state index is 11.8. The van der Waals surface area contributed by atoms with Crippen LogP contribution in [0.25, 0.3) is 11.0 Å². The molecule has 2 aromatic rings. The zero-order chi connectivity index (χ0) is 13.7. The van der Waals surface area contributed by atoms with Crippen LogP contribution in [-0.4, -0.2) is 36.2 Å². The predicted octanol–water partition coefficient (Wildman–Crippen LogP) is 1.91. The number of benzene rings is 1. The largest absolute Gasteiger partial charge is 0.381 e. The van der Waals surface area contributed by atoms with E-state index in [0.29, 0.717) is 23.4 Å². The van der Waals surface area contributed by atoms with Crippen LogP contribution < -0.4 is 11.1 Å². The molecule has 1 heterocycles. The van der Waals surface area contributed by atoms with Gasteiger partial charge in [0.2, 0.25) is 0 Å². The fourth-order valence-electron chi connectivity index (χ4n) is 1.56. The molecule has 0 saturated heterocycles. The Morgan fingerprint density at radius 1 is 1.21 bits per heavy atom. The van der Waals surface area contributed by atoms with Crippen LogP contribution >= 0.6 is 0 Å². The molecule has 0 amide bonds. The molecule has 5 nitrogen and oxygen atoms in total. The molecule has 0 unspecified atom stereocenters. The number of fused-ring (bicyclic) bond motifs is 1. The van der Waals surface area contributed by atoms with Gasteiger partial charge in [0.1, 0.15) is 6.61 Å². The number of aromatic nitrogens is 2. The molecule has 3 N–H and O–H groups in total. The van der Waals surface area contributed by atoms with Gasteiger partial charge in [-0.2, -0.15) is 0 Å². The summed E-state index contributed by atoms with van der Waals surface area (Å²) in [5.74, 6) is 0.701. The van der Waals surface area contributed by atoms with E-state index < -0.39 is 13.0 Å². The van der Waals surface area contributed by atoms with Crippen LogP contribution in [-0.2, 0) is 4.74 Å². The molecule has 19 heavy (non-hydrogen) atoms. The maximum absolute atomic E-state index is 11.8. The number of hydrogen-bond acceptors (Lipinski definition) is 5. The minimum absolute atomic E-state index is 0.151. The Labute approximate surface area is 108 Å². The van der Waals surface area contributed by atoms with Gasteiger partial charge in [0.15, 0.2) is 11.6 Å². The molecule has 2 rings (SSSR count). The van der Waals surface area contributed by atoms with Crippen molar-refractivity contribution in [1.82, 2.24) is 9.97 Å². The Kier molecular flexibility index (Phi) is 4.40. The first-order chi connectivity index (χ1) is 9.16. The predicted molar refractivity (Wildman–Crippen MR) is 69.3 cm³/mol. The summed E-state index contributed by atoms with van der Waals surface area (Å²) in [6.45, 7) is -0.0806. The second kappa shape index (κ2) is 6.24. The molecular formula is C12H14F2N4O. The van der Waals surface area contributed by atoms with Crippen molar-refractivity contribution in [3.63, 3.8) is 0 Å². The highest BCUT2D eigenvalue weighted by molar-refractivity contribution is 5.79. The van der Waals surface area contributed by atoms with Gasteiger partial charge in [-0.25, -0.2) is 18.7 Å². The van der Waals surface area contributed by atoms with Crippen molar-refractivity contribution in [2.24, 2.45) is 0 Å². The second-order valence-corrected chi connectivity index (χ2v) is 3.84. The minimum Gasteiger partial charge on any atom is -0.381 e. The maximum Gasteiger partial charge on any atom is 0.261 e. The van der Waals surface area contributed by atoms with Crippen LogP contribution in [0.15, 0.2) is 24.3 Å². The van der Waals surface area contributed by atoms with E-state index in [9.17, 15) is 8.78 Å². The minimum atomic E-state index is -2.45. The van der Waals surface area contributed by atoms with Crippen molar-refractivity contribution in [3.8, 4) is 0 Å². The van der Waals surface area contributed by atoms with Crippen molar-refractivity contribution >= 4 is 22.7 Å². The van der Waals surface area contributed by atoms with E-state index in [1.807, 2.05) is 24.3 Å². The van der Waals surface area contributed by atoms with Crippen LogP contribution in [0.3, 0.4) is 0 Å².